The molecule has 2 heterocycles. The van der Waals surface area contributed by atoms with Crippen molar-refractivity contribution in [1.82, 2.24) is 15.2 Å². The maximum atomic E-state index is 12.3. The molecule has 0 aliphatic carbocycles. The average Bonchev–Trinajstić information content (AvgIpc) is 2.81. The Balaban J connectivity index is 2.16. The van der Waals surface area contributed by atoms with Gasteiger partial charge < -0.3 is 15.3 Å². The molecule has 19 heavy (non-hydrogen) atoms. The number of amides is 2. The summed E-state index contributed by atoms with van der Waals surface area (Å²) < 4.78 is 0. The summed E-state index contributed by atoms with van der Waals surface area (Å²) in [5.41, 5.74) is -0.344. The van der Waals surface area contributed by atoms with E-state index in [1.165, 1.54) is 18.5 Å². The Kier molecular flexibility index (Phi) is 3.42. The molecule has 1 unspecified atom stereocenters. The van der Waals surface area contributed by atoms with Gasteiger partial charge in [-0.25, -0.2) is 0 Å². The van der Waals surface area contributed by atoms with E-state index in [2.05, 4.69) is 10.3 Å². The SMILES string of the molecule is CNC(=O)C1(C)CCN(C(=O)c2ccncc2O)C1. The molecule has 2 amide bonds. The van der Waals surface area contributed by atoms with E-state index in [4.69, 9.17) is 0 Å². The van der Waals surface area contributed by atoms with Crippen LogP contribution in [0.1, 0.15) is 23.7 Å². The standard InChI is InChI=1S/C13H17N3O3/c1-13(12(19)14-2)4-6-16(8-13)11(18)9-3-5-15-7-10(9)17/h3,5,7,17H,4,6,8H2,1-2H3,(H,14,19). The van der Waals surface area contributed by atoms with Crippen molar-refractivity contribution in [3.63, 3.8) is 0 Å². The van der Waals surface area contributed by atoms with Crippen molar-refractivity contribution < 1.29 is 14.7 Å². The molecule has 0 saturated carbocycles. The van der Waals surface area contributed by atoms with Gasteiger partial charge in [-0.2, -0.15) is 0 Å². The minimum atomic E-state index is -0.562. The van der Waals surface area contributed by atoms with Crippen LogP contribution in [0.15, 0.2) is 18.5 Å². The summed E-state index contributed by atoms with van der Waals surface area (Å²) in [5.74, 6) is -0.477. The van der Waals surface area contributed by atoms with Gasteiger partial charge >= 0.3 is 0 Å². The number of aromatic nitrogens is 1. The summed E-state index contributed by atoms with van der Waals surface area (Å²) >= 11 is 0. The number of pyridine rings is 1. The van der Waals surface area contributed by atoms with Gasteiger partial charge in [-0.15, -0.1) is 0 Å². The number of rotatable bonds is 2. The molecule has 1 saturated heterocycles. The second-order valence-corrected chi connectivity index (χ2v) is 5.01. The molecule has 0 aromatic carbocycles. The van der Waals surface area contributed by atoms with Crippen molar-refractivity contribution in [1.29, 1.82) is 0 Å². The Labute approximate surface area is 111 Å². The highest BCUT2D eigenvalue weighted by Crippen LogP contribution is 2.31. The van der Waals surface area contributed by atoms with Crippen LogP contribution < -0.4 is 5.32 Å². The maximum Gasteiger partial charge on any atom is 0.257 e. The number of carbonyl (C=O) groups excluding carboxylic acids is 2. The monoisotopic (exact) mass is 263 g/mol. The van der Waals surface area contributed by atoms with Crippen LogP contribution in [0.4, 0.5) is 0 Å². The number of aromatic hydroxyl groups is 1. The number of hydrogen-bond donors (Lipinski definition) is 2. The van der Waals surface area contributed by atoms with Crippen LogP contribution in [-0.2, 0) is 4.79 Å². The van der Waals surface area contributed by atoms with Crippen LogP contribution in [0.25, 0.3) is 0 Å². The summed E-state index contributed by atoms with van der Waals surface area (Å²) in [6, 6.07) is 1.48. The van der Waals surface area contributed by atoms with Crippen molar-refractivity contribution in [3.8, 4) is 5.75 Å². The average molecular weight is 263 g/mol. The molecule has 1 fully saturated rings. The van der Waals surface area contributed by atoms with Crippen LogP contribution in [0, 0.1) is 5.41 Å². The fourth-order valence-corrected chi connectivity index (χ4v) is 2.36. The molecule has 0 spiro atoms. The smallest absolute Gasteiger partial charge is 0.257 e. The summed E-state index contributed by atoms with van der Waals surface area (Å²) in [4.78, 5) is 29.4. The van der Waals surface area contributed by atoms with E-state index in [0.717, 1.165) is 0 Å². The van der Waals surface area contributed by atoms with Gasteiger partial charge in [-0.1, -0.05) is 0 Å². The molecule has 2 N–H and O–H groups in total. The predicted octanol–water partition coefficient (Wildman–Crippen LogP) is 0.385. The molecule has 1 aromatic heterocycles. The lowest BCUT2D eigenvalue weighted by Gasteiger charge is -2.22. The zero-order chi connectivity index (χ0) is 14.0. The van der Waals surface area contributed by atoms with Gasteiger partial charge in [0, 0.05) is 26.3 Å². The summed E-state index contributed by atoms with van der Waals surface area (Å²) in [5, 5.41) is 12.3. The van der Waals surface area contributed by atoms with Crippen LogP contribution in [-0.4, -0.2) is 46.9 Å². The highest BCUT2D eigenvalue weighted by Gasteiger charge is 2.41. The van der Waals surface area contributed by atoms with Gasteiger partial charge in [-0.3, -0.25) is 14.6 Å². The Hall–Kier alpha value is -2.11. The van der Waals surface area contributed by atoms with Crippen molar-refractivity contribution in [2.75, 3.05) is 20.1 Å². The lowest BCUT2D eigenvalue weighted by Crippen LogP contribution is -2.40. The second-order valence-electron chi connectivity index (χ2n) is 5.01. The van der Waals surface area contributed by atoms with E-state index in [1.54, 1.807) is 11.9 Å². The molecule has 0 radical (unpaired) electrons. The Morgan fingerprint density at radius 2 is 2.26 bits per heavy atom. The zero-order valence-electron chi connectivity index (χ0n) is 11.0. The lowest BCUT2D eigenvalue weighted by molar-refractivity contribution is -0.128. The van der Waals surface area contributed by atoms with Crippen molar-refractivity contribution >= 4 is 11.8 Å². The highest BCUT2D eigenvalue weighted by molar-refractivity contribution is 5.97. The maximum absolute atomic E-state index is 12.3. The first kappa shape index (κ1) is 13.3. The largest absolute Gasteiger partial charge is 0.505 e. The van der Waals surface area contributed by atoms with E-state index in [-0.39, 0.29) is 23.1 Å². The van der Waals surface area contributed by atoms with Crippen LogP contribution >= 0.6 is 0 Å². The number of carbonyl (C=O) groups is 2. The minimum Gasteiger partial charge on any atom is -0.505 e. The fourth-order valence-electron chi connectivity index (χ4n) is 2.36. The predicted molar refractivity (Wildman–Crippen MR) is 68.6 cm³/mol. The van der Waals surface area contributed by atoms with Gasteiger partial charge in [0.15, 0.2) is 0 Å². The zero-order valence-corrected chi connectivity index (χ0v) is 11.0. The van der Waals surface area contributed by atoms with E-state index in [1.807, 2.05) is 6.92 Å². The molecule has 2 rings (SSSR count). The van der Waals surface area contributed by atoms with Crippen LogP contribution in [0.2, 0.25) is 0 Å². The number of nitrogens with zero attached hydrogens (tertiary/aromatic N) is 2. The molecule has 6 heteroatoms. The molecule has 6 nitrogen and oxygen atoms in total. The van der Waals surface area contributed by atoms with E-state index < -0.39 is 5.41 Å². The Morgan fingerprint density at radius 1 is 1.53 bits per heavy atom. The second kappa shape index (κ2) is 4.87. The van der Waals surface area contributed by atoms with Gasteiger partial charge in [0.25, 0.3) is 5.91 Å². The first-order valence-corrected chi connectivity index (χ1v) is 6.12. The van der Waals surface area contributed by atoms with Crippen molar-refractivity contribution in [3.05, 3.63) is 24.0 Å². The molecule has 102 valence electrons. The quantitative estimate of drug-likeness (QED) is 0.808. The molecule has 1 aliphatic rings. The van der Waals surface area contributed by atoms with Crippen molar-refractivity contribution in [2.45, 2.75) is 13.3 Å². The Morgan fingerprint density at radius 3 is 2.89 bits per heavy atom. The number of likely N-dealkylation sites (tertiary alicyclic amines) is 1. The topological polar surface area (TPSA) is 82.5 Å². The van der Waals surface area contributed by atoms with E-state index in [0.29, 0.717) is 19.5 Å². The molecule has 1 aromatic rings. The fraction of sp³-hybridized carbons (Fsp3) is 0.462. The summed E-state index contributed by atoms with van der Waals surface area (Å²) in [6.07, 6.45) is 3.31. The summed E-state index contributed by atoms with van der Waals surface area (Å²) in [7, 11) is 1.59. The van der Waals surface area contributed by atoms with Crippen LogP contribution in [0.3, 0.4) is 0 Å². The summed E-state index contributed by atoms with van der Waals surface area (Å²) in [6.45, 7) is 2.70. The molecular formula is C13H17N3O3. The van der Waals surface area contributed by atoms with Gasteiger partial charge in [0.2, 0.25) is 5.91 Å². The number of hydrogen-bond acceptors (Lipinski definition) is 4. The molecule has 1 aliphatic heterocycles. The van der Waals surface area contributed by atoms with Crippen LogP contribution in [0.5, 0.6) is 5.75 Å². The molecular weight excluding hydrogens is 246 g/mol. The van der Waals surface area contributed by atoms with E-state index >= 15 is 0 Å². The molecule has 1 atom stereocenters. The van der Waals surface area contributed by atoms with Gasteiger partial charge in [-0.05, 0) is 19.4 Å². The normalized spacial score (nSPS) is 22.3. The molecule has 0 bridgehead atoms. The Bertz CT molecular complexity index is 518. The first-order valence-electron chi connectivity index (χ1n) is 6.12. The van der Waals surface area contributed by atoms with Crippen molar-refractivity contribution in [2.24, 2.45) is 5.41 Å². The highest BCUT2D eigenvalue weighted by atomic mass is 16.3. The first-order chi connectivity index (χ1) is 8.98. The number of nitrogens with one attached hydrogen (secondary N) is 1. The third-order valence-corrected chi connectivity index (χ3v) is 3.57. The minimum absolute atomic E-state index is 0.0678. The third-order valence-electron chi connectivity index (χ3n) is 3.57. The van der Waals surface area contributed by atoms with E-state index in [9.17, 15) is 14.7 Å². The lowest BCUT2D eigenvalue weighted by atomic mass is 9.89. The third kappa shape index (κ3) is 2.38. The van der Waals surface area contributed by atoms with Gasteiger partial charge in [0.1, 0.15) is 5.75 Å². The van der Waals surface area contributed by atoms with Gasteiger partial charge in [0.05, 0.1) is 17.2 Å².